The van der Waals surface area contributed by atoms with Crippen molar-refractivity contribution in [2.24, 2.45) is 0 Å². The van der Waals surface area contributed by atoms with Gasteiger partial charge in [0.2, 0.25) is 0 Å². The Kier molecular flexibility index (Phi) is 6.60. The van der Waals surface area contributed by atoms with Crippen LogP contribution in [0.25, 0.3) is 0 Å². The quantitative estimate of drug-likeness (QED) is 0.769. The minimum Gasteiger partial charge on any atom is -0.496 e. The van der Waals surface area contributed by atoms with Gasteiger partial charge in [0.15, 0.2) is 6.61 Å². The molecule has 0 aromatic heterocycles. The summed E-state index contributed by atoms with van der Waals surface area (Å²) in [7, 11) is 2.89. The first-order chi connectivity index (χ1) is 12.5. The average Bonchev–Trinajstić information content (AvgIpc) is 2.66. The number of anilines is 1. The highest BCUT2D eigenvalue weighted by Gasteiger charge is 2.21. The second-order valence-corrected chi connectivity index (χ2v) is 5.62. The molecular weight excluding hydrogens is 334 g/mol. The number of esters is 1. The number of nitrogens with one attached hydrogen (secondary N) is 1. The van der Waals surface area contributed by atoms with Crippen LogP contribution >= 0.6 is 0 Å². The minimum absolute atomic E-state index is 0.149. The third-order valence-corrected chi connectivity index (χ3v) is 3.97. The number of rotatable bonds is 7. The van der Waals surface area contributed by atoms with Gasteiger partial charge in [0.05, 0.1) is 14.2 Å². The van der Waals surface area contributed by atoms with Gasteiger partial charge in [-0.2, -0.15) is 0 Å². The normalized spacial score (nSPS) is 10.2. The van der Waals surface area contributed by atoms with Gasteiger partial charge in [0.25, 0.3) is 5.91 Å². The van der Waals surface area contributed by atoms with Crippen LogP contribution in [0.4, 0.5) is 5.69 Å². The van der Waals surface area contributed by atoms with E-state index < -0.39 is 18.5 Å². The van der Waals surface area contributed by atoms with Gasteiger partial charge in [-0.1, -0.05) is 31.2 Å². The molecule has 0 radical (unpaired) electrons. The molecule has 0 saturated carbocycles. The van der Waals surface area contributed by atoms with Crippen molar-refractivity contribution in [2.75, 3.05) is 26.1 Å². The minimum atomic E-state index is -0.685. The summed E-state index contributed by atoms with van der Waals surface area (Å²) in [4.78, 5) is 24.6. The molecule has 0 unspecified atom stereocenters. The van der Waals surface area contributed by atoms with Crippen molar-refractivity contribution >= 4 is 17.6 Å². The Morgan fingerprint density at radius 2 is 1.62 bits per heavy atom. The van der Waals surface area contributed by atoms with Crippen molar-refractivity contribution in [1.29, 1.82) is 0 Å². The molecule has 0 aliphatic rings. The molecule has 0 spiro atoms. The Morgan fingerprint density at radius 3 is 2.19 bits per heavy atom. The van der Waals surface area contributed by atoms with E-state index in [1.54, 1.807) is 18.2 Å². The van der Waals surface area contributed by atoms with Crippen LogP contribution in [0.15, 0.2) is 36.4 Å². The van der Waals surface area contributed by atoms with Crippen molar-refractivity contribution in [3.8, 4) is 11.5 Å². The monoisotopic (exact) mass is 357 g/mol. The van der Waals surface area contributed by atoms with Gasteiger partial charge >= 0.3 is 5.97 Å². The Hall–Kier alpha value is -3.02. The molecule has 0 aliphatic heterocycles. The predicted molar refractivity (Wildman–Crippen MR) is 99.0 cm³/mol. The fourth-order valence-electron chi connectivity index (χ4n) is 2.63. The van der Waals surface area contributed by atoms with Crippen LogP contribution in [0.5, 0.6) is 11.5 Å². The molecule has 138 valence electrons. The molecule has 2 aromatic carbocycles. The Balaban J connectivity index is 2.08. The number of hydrogen-bond donors (Lipinski definition) is 1. The zero-order valence-corrected chi connectivity index (χ0v) is 15.4. The summed E-state index contributed by atoms with van der Waals surface area (Å²) >= 11 is 0. The number of carbonyl (C=O) groups excluding carboxylic acids is 2. The van der Waals surface area contributed by atoms with Crippen molar-refractivity contribution in [3.63, 3.8) is 0 Å². The first-order valence-electron chi connectivity index (χ1n) is 8.28. The second kappa shape index (κ2) is 8.89. The van der Waals surface area contributed by atoms with Crippen LogP contribution < -0.4 is 14.8 Å². The molecule has 0 heterocycles. The number of ether oxygens (including phenoxy) is 3. The topological polar surface area (TPSA) is 73.9 Å². The molecule has 26 heavy (non-hydrogen) atoms. The van der Waals surface area contributed by atoms with Gasteiger partial charge < -0.3 is 19.5 Å². The lowest BCUT2D eigenvalue weighted by molar-refractivity contribution is -0.119. The van der Waals surface area contributed by atoms with Gasteiger partial charge in [-0.05, 0) is 36.6 Å². The van der Waals surface area contributed by atoms with E-state index in [1.165, 1.54) is 14.2 Å². The molecule has 0 fully saturated rings. The van der Waals surface area contributed by atoms with Crippen LogP contribution in [-0.4, -0.2) is 32.7 Å². The maximum absolute atomic E-state index is 12.4. The van der Waals surface area contributed by atoms with E-state index in [0.717, 1.165) is 23.2 Å². The lowest BCUT2D eigenvalue weighted by Crippen LogP contribution is -2.22. The molecule has 1 N–H and O–H groups in total. The standard InChI is InChI=1S/C20H23NO5/c1-5-14-9-6-8-13(2)19(14)21-17(22)12-26-20(23)18-15(24-3)10-7-11-16(18)25-4/h6-11H,5,12H2,1-4H3,(H,21,22). The Morgan fingerprint density at radius 1 is 1.00 bits per heavy atom. The fraction of sp³-hybridized carbons (Fsp3) is 0.300. The summed E-state index contributed by atoms with van der Waals surface area (Å²) < 4.78 is 15.5. The molecule has 1 amide bonds. The van der Waals surface area contributed by atoms with E-state index in [1.807, 2.05) is 32.0 Å². The number of hydrogen-bond acceptors (Lipinski definition) is 5. The largest absolute Gasteiger partial charge is 0.496 e. The van der Waals surface area contributed by atoms with Gasteiger partial charge in [0.1, 0.15) is 17.1 Å². The number of aryl methyl sites for hydroxylation is 2. The van der Waals surface area contributed by atoms with Crippen LogP contribution in [0.2, 0.25) is 0 Å². The SMILES string of the molecule is CCc1cccc(C)c1NC(=O)COC(=O)c1c(OC)cccc1OC. The van der Waals surface area contributed by atoms with Crippen molar-refractivity contribution in [3.05, 3.63) is 53.1 Å². The van der Waals surface area contributed by atoms with Crippen molar-refractivity contribution < 1.29 is 23.8 Å². The lowest BCUT2D eigenvalue weighted by Gasteiger charge is -2.14. The van der Waals surface area contributed by atoms with Crippen LogP contribution in [0, 0.1) is 6.92 Å². The molecule has 2 rings (SSSR count). The van der Waals surface area contributed by atoms with Crippen molar-refractivity contribution in [1.82, 2.24) is 0 Å². The van der Waals surface area contributed by atoms with E-state index >= 15 is 0 Å². The third-order valence-electron chi connectivity index (χ3n) is 3.97. The molecule has 0 atom stereocenters. The van der Waals surface area contributed by atoms with E-state index in [2.05, 4.69) is 5.32 Å². The van der Waals surface area contributed by atoms with Crippen molar-refractivity contribution in [2.45, 2.75) is 20.3 Å². The summed E-state index contributed by atoms with van der Waals surface area (Å²) in [5, 5.41) is 2.82. The highest BCUT2D eigenvalue weighted by Crippen LogP contribution is 2.29. The molecule has 0 bridgehead atoms. The Bertz CT molecular complexity index is 779. The molecule has 6 heteroatoms. The summed E-state index contributed by atoms with van der Waals surface area (Å²) in [6, 6.07) is 10.8. The maximum Gasteiger partial charge on any atom is 0.346 e. The summed E-state index contributed by atoms with van der Waals surface area (Å²) in [6.45, 7) is 3.52. The second-order valence-electron chi connectivity index (χ2n) is 5.62. The average molecular weight is 357 g/mol. The number of amides is 1. The molecule has 6 nitrogen and oxygen atoms in total. The third kappa shape index (κ3) is 4.33. The van der Waals surface area contributed by atoms with Crippen LogP contribution in [-0.2, 0) is 16.0 Å². The summed E-state index contributed by atoms with van der Waals surface area (Å²) in [6.07, 6.45) is 0.787. The van der Waals surface area contributed by atoms with Gasteiger partial charge in [-0.3, -0.25) is 4.79 Å². The van der Waals surface area contributed by atoms with Crippen LogP contribution in [0.1, 0.15) is 28.4 Å². The van der Waals surface area contributed by atoms with Gasteiger partial charge in [-0.25, -0.2) is 4.79 Å². The maximum atomic E-state index is 12.4. The number of methoxy groups -OCH3 is 2. The Labute approximate surface area is 153 Å². The number of benzene rings is 2. The molecular formula is C20H23NO5. The summed E-state index contributed by atoms with van der Waals surface area (Å²) in [5.74, 6) is -0.449. The number of para-hydroxylation sites is 1. The predicted octanol–water partition coefficient (Wildman–Crippen LogP) is 3.37. The highest BCUT2D eigenvalue weighted by atomic mass is 16.5. The van der Waals surface area contributed by atoms with Gasteiger partial charge in [0, 0.05) is 5.69 Å². The van der Waals surface area contributed by atoms with E-state index in [-0.39, 0.29) is 5.56 Å². The molecule has 0 saturated heterocycles. The first-order valence-corrected chi connectivity index (χ1v) is 8.28. The lowest BCUT2D eigenvalue weighted by atomic mass is 10.1. The zero-order chi connectivity index (χ0) is 19.1. The molecule has 0 aliphatic carbocycles. The summed E-state index contributed by atoms with van der Waals surface area (Å²) in [5.41, 5.74) is 2.88. The smallest absolute Gasteiger partial charge is 0.346 e. The fourth-order valence-corrected chi connectivity index (χ4v) is 2.63. The first kappa shape index (κ1) is 19.3. The number of carbonyl (C=O) groups is 2. The van der Waals surface area contributed by atoms with E-state index in [0.29, 0.717) is 11.5 Å². The van der Waals surface area contributed by atoms with Crippen LogP contribution in [0.3, 0.4) is 0 Å². The van der Waals surface area contributed by atoms with Gasteiger partial charge in [-0.15, -0.1) is 0 Å². The molecule has 2 aromatic rings. The van der Waals surface area contributed by atoms with E-state index in [4.69, 9.17) is 14.2 Å². The zero-order valence-electron chi connectivity index (χ0n) is 15.4. The highest BCUT2D eigenvalue weighted by molar-refractivity contribution is 5.99. The van der Waals surface area contributed by atoms with E-state index in [9.17, 15) is 9.59 Å².